The molecule has 6 nitrogen and oxygen atoms in total. The van der Waals surface area contributed by atoms with Crippen molar-refractivity contribution >= 4 is 11.8 Å². The van der Waals surface area contributed by atoms with Gasteiger partial charge in [-0.25, -0.2) is 0 Å². The maximum Gasteiger partial charge on any atom is 0.236 e. The first-order valence-corrected chi connectivity index (χ1v) is 7.50. The number of likely N-dealkylation sites (N-methyl/N-ethyl adjacent to an activating group) is 1. The number of rotatable bonds is 3. The summed E-state index contributed by atoms with van der Waals surface area (Å²) in [6.45, 7) is 4.95. The van der Waals surface area contributed by atoms with Gasteiger partial charge in [-0.2, -0.15) is 0 Å². The average Bonchev–Trinajstić information content (AvgIpc) is 2.47. The number of piperidine rings is 1. The fourth-order valence-corrected chi connectivity index (χ4v) is 2.87. The van der Waals surface area contributed by atoms with E-state index in [1.54, 1.807) is 0 Å². The van der Waals surface area contributed by atoms with Gasteiger partial charge in [0.2, 0.25) is 11.8 Å². The molecule has 0 radical (unpaired) electrons. The zero-order chi connectivity index (χ0) is 14.5. The molecule has 0 spiro atoms. The molecular formula is C14H26N4O2. The summed E-state index contributed by atoms with van der Waals surface area (Å²) >= 11 is 0. The zero-order valence-electron chi connectivity index (χ0n) is 12.6. The normalized spacial score (nSPS) is 24.1. The van der Waals surface area contributed by atoms with Crippen LogP contribution in [0.15, 0.2) is 0 Å². The lowest BCUT2D eigenvalue weighted by atomic mass is 9.98. The summed E-state index contributed by atoms with van der Waals surface area (Å²) in [5, 5.41) is 3.29. The Labute approximate surface area is 121 Å². The van der Waals surface area contributed by atoms with Crippen molar-refractivity contribution in [3.05, 3.63) is 0 Å². The van der Waals surface area contributed by atoms with E-state index < -0.39 is 0 Å². The van der Waals surface area contributed by atoms with Gasteiger partial charge in [0, 0.05) is 32.7 Å². The molecule has 114 valence electrons. The van der Waals surface area contributed by atoms with E-state index in [9.17, 15) is 9.59 Å². The molecule has 2 saturated heterocycles. The second-order valence-electron chi connectivity index (χ2n) is 5.99. The summed E-state index contributed by atoms with van der Waals surface area (Å²) in [6.07, 6.45) is 2.07. The van der Waals surface area contributed by atoms with Crippen molar-refractivity contribution in [1.29, 1.82) is 0 Å². The Bertz CT molecular complexity index is 345. The zero-order valence-corrected chi connectivity index (χ0v) is 12.6. The van der Waals surface area contributed by atoms with Gasteiger partial charge >= 0.3 is 0 Å². The Kier molecular flexibility index (Phi) is 5.37. The third-order valence-corrected chi connectivity index (χ3v) is 4.04. The summed E-state index contributed by atoms with van der Waals surface area (Å²) in [5.41, 5.74) is 0. The smallest absolute Gasteiger partial charge is 0.236 e. The Morgan fingerprint density at radius 3 is 2.35 bits per heavy atom. The molecule has 0 saturated carbocycles. The van der Waals surface area contributed by atoms with Crippen LogP contribution in [0.4, 0.5) is 0 Å². The van der Waals surface area contributed by atoms with Crippen LogP contribution in [-0.4, -0.2) is 86.4 Å². The Balaban J connectivity index is 1.78. The molecule has 6 heteroatoms. The highest BCUT2D eigenvalue weighted by Gasteiger charge is 2.29. The Hall–Kier alpha value is -1.14. The molecule has 0 bridgehead atoms. The number of amides is 2. The van der Waals surface area contributed by atoms with Crippen molar-refractivity contribution in [2.75, 3.05) is 59.9 Å². The monoisotopic (exact) mass is 282 g/mol. The van der Waals surface area contributed by atoms with E-state index in [4.69, 9.17) is 0 Å². The second-order valence-corrected chi connectivity index (χ2v) is 5.99. The van der Waals surface area contributed by atoms with Crippen LogP contribution in [0.25, 0.3) is 0 Å². The van der Waals surface area contributed by atoms with Crippen molar-refractivity contribution < 1.29 is 9.59 Å². The van der Waals surface area contributed by atoms with Gasteiger partial charge < -0.3 is 20.0 Å². The number of hydrogen-bond acceptors (Lipinski definition) is 4. The largest absolute Gasteiger partial charge is 0.339 e. The molecule has 2 heterocycles. The summed E-state index contributed by atoms with van der Waals surface area (Å²) in [7, 11) is 3.79. The topological polar surface area (TPSA) is 55.9 Å². The minimum atomic E-state index is 0.132. The van der Waals surface area contributed by atoms with E-state index in [1.165, 1.54) is 0 Å². The van der Waals surface area contributed by atoms with E-state index in [2.05, 4.69) is 5.32 Å². The van der Waals surface area contributed by atoms with Crippen molar-refractivity contribution in [3.63, 3.8) is 0 Å². The highest BCUT2D eigenvalue weighted by molar-refractivity contribution is 5.81. The molecule has 1 atom stereocenters. The van der Waals surface area contributed by atoms with Gasteiger partial charge in [-0.15, -0.1) is 0 Å². The number of nitrogens with one attached hydrogen (secondary N) is 1. The standard InChI is InChI=1S/C14H26N4O2/c1-16(2)11-13(19)17-6-8-18(9-7-17)14(20)12-4-3-5-15-10-12/h12,15H,3-11H2,1-2H3/t12-/m1/s1. The predicted molar refractivity (Wildman–Crippen MR) is 77.3 cm³/mol. The first-order chi connectivity index (χ1) is 9.58. The molecule has 0 unspecified atom stereocenters. The van der Waals surface area contributed by atoms with Crippen LogP contribution < -0.4 is 5.32 Å². The Morgan fingerprint density at radius 2 is 1.80 bits per heavy atom. The van der Waals surface area contributed by atoms with Crippen LogP contribution in [0, 0.1) is 5.92 Å². The van der Waals surface area contributed by atoms with Crippen molar-refractivity contribution in [2.45, 2.75) is 12.8 Å². The minimum Gasteiger partial charge on any atom is -0.339 e. The quantitative estimate of drug-likeness (QED) is 0.738. The maximum atomic E-state index is 12.4. The first kappa shape index (κ1) is 15.3. The number of piperazine rings is 1. The highest BCUT2D eigenvalue weighted by Crippen LogP contribution is 2.15. The van der Waals surface area contributed by atoms with Crippen LogP contribution in [0.2, 0.25) is 0 Å². The van der Waals surface area contributed by atoms with Gasteiger partial charge in [-0.3, -0.25) is 9.59 Å². The predicted octanol–water partition coefficient (Wildman–Crippen LogP) is -0.782. The number of carbonyl (C=O) groups is 2. The fraction of sp³-hybridized carbons (Fsp3) is 0.857. The van der Waals surface area contributed by atoms with Gasteiger partial charge in [0.15, 0.2) is 0 Å². The molecule has 20 heavy (non-hydrogen) atoms. The summed E-state index contributed by atoms with van der Waals surface area (Å²) in [6, 6.07) is 0. The molecule has 0 aromatic carbocycles. The third-order valence-electron chi connectivity index (χ3n) is 4.04. The van der Waals surface area contributed by atoms with Gasteiger partial charge in [0.1, 0.15) is 0 Å². The summed E-state index contributed by atoms with van der Waals surface area (Å²) in [4.78, 5) is 30.0. The SMILES string of the molecule is CN(C)CC(=O)N1CCN(C(=O)[C@@H]2CCCNC2)CC1. The van der Waals surface area contributed by atoms with E-state index in [0.29, 0.717) is 32.7 Å². The van der Waals surface area contributed by atoms with Crippen LogP contribution in [-0.2, 0) is 9.59 Å². The molecule has 2 amide bonds. The van der Waals surface area contributed by atoms with E-state index in [-0.39, 0.29) is 17.7 Å². The summed E-state index contributed by atoms with van der Waals surface area (Å²) in [5.74, 6) is 0.547. The lowest BCUT2D eigenvalue weighted by Crippen LogP contribution is -2.54. The van der Waals surface area contributed by atoms with Crippen LogP contribution in [0.3, 0.4) is 0 Å². The summed E-state index contributed by atoms with van der Waals surface area (Å²) < 4.78 is 0. The Morgan fingerprint density at radius 1 is 1.15 bits per heavy atom. The maximum absolute atomic E-state index is 12.4. The van der Waals surface area contributed by atoms with Crippen molar-refractivity contribution in [1.82, 2.24) is 20.0 Å². The first-order valence-electron chi connectivity index (χ1n) is 7.50. The second kappa shape index (κ2) is 7.04. The number of hydrogen-bond donors (Lipinski definition) is 1. The molecule has 1 N–H and O–H groups in total. The lowest BCUT2D eigenvalue weighted by Gasteiger charge is -2.37. The van der Waals surface area contributed by atoms with Crippen LogP contribution in [0.5, 0.6) is 0 Å². The van der Waals surface area contributed by atoms with E-state index in [1.807, 2.05) is 28.8 Å². The number of carbonyl (C=O) groups excluding carboxylic acids is 2. The number of nitrogens with zero attached hydrogens (tertiary/aromatic N) is 3. The lowest BCUT2D eigenvalue weighted by molar-refractivity contribution is -0.142. The molecule has 2 rings (SSSR count). The molecule has 2 fully saturated rings. The molecule has 2 aliphatic rings. The van der Waals surface area contributed by atoms with Gasteiger partial charge in [-0.1, -0.05) is 0 Å². The molecule has 2 aliphatic heterocycles. The van der Waals surface area contributed by atoms with E-state index >= 15 is 0 Å². The average molecular weight is 282 g/mol. The van der Waals surface area contributed by atoms with Gasteiger partial charge in [0.05, 0.1) is 12.5 Å². The van der Waals surface area contributed by atoms with Crippen molar-refractivity contribution in [2.24, 2.45) is 5.92 Å². The molecule has 0 aromatic rings. The third kappa shape index (κ3) is 3.93. The van der Waals surface area contributed by atoms with Gasteiger partial charge in [-0.05, 0) is 33.5 Å². The molecule has 0 aromatic heterocycles. The molecular weight excluding hydrogens is 256 g/mol. The fourth-order valence-electron chi connectivity index (χ4n) is 2.87. The van der Waals surface area contributed by atoms with Crippen molar-refractivity contribution in [3.8, 4) is 0 Å². The molecule has 0 aliphatic carbocycles. The van der Waals surface area contributed by atoms with E-state index in [0.717, 1.165) is 25.9 Å². The highest BCUT2D eigenvalue weighted by atomic mass is 16.2. The van der Waals surface area contributed by atoms with Gasteiger partial charge in [0.25, 0.3) is 0 Å². The minimum absolute atomic E-state index is 0.132. The van der Waals surface area contributed by atoms with Crippen LogP contribution in [0.1, 0.15) is 12.8 Å². The van der Waals surface area contributed by atoms with Crippen LogP contribution >= 0.6 is 0 Å².